The van der Waals surface area contributed by atoms with Gasteiger partial charge in [0.2, 0.25) is 0 Å². The van der Waals surface area contributed by atoms with Crippen molar-refractivity contribution in [1.29, 1.82) is 0 Å². The molecule has 0 bridgehead atoms. The van der Waals surface area contributed by atoms with Gasteiger partial charge >= 0.3 is 19.8 Å². The normalized spacial score (nSPS) is 14.2. The van der Waals surface area contributed by atoms with Crippen LogP contribution < -0.4 is 0 Å². The number of aliphatic hydroxyl groups excluding tert-OH is 2. The van der Waals surface area contributed by atoms with Crippen LogP contribution in [0.15, 0.2) is 48.6 Å². The number of phosphoric acid groups is 1. The number of esters is 2. The van der Waals surface area contributed by atoms with E-state index >= 15 is 0 Å². The predicted molar refractivity (Wildman–Crippen MR) is 242 cm³/mol. The molecule has 3 N–H and O–H groups in total. The van der Waals surface area contributed by atoms with Crippen LogP contribution in [0.3, 0.4) is 0 Å². The number of carbonyl (C=O) groups is 2. The number of phosphoric ester groups is 1. The number of hydrogen-bond acceptors (Lipinski definition) is 9. The Morgan fingerprint density at radius 3 is 1.31 bits per heavy atom. The van der Waals surface area contributed by atoms with Gasteiger partial charge in [-0.3, -0.25) is 18.6 Å². The molecule has 3 atom stereocenters. The van der Waals surface area contributed by atoms with Crippen molar-refractivity contribution < 1.29 is 47.8 Å². The highest BCUT2D eigenvalue weighted by molar-refractivity contribution is 7.47. The van der Waals surface area contributed by atoms with Crippen LogP contribution in [0.5, 0.6) is 0 Å². The molecule has 0 aromatic heterocycles. The lowest BCUT2D eigenvalue weighted by Crippen LogP contribution is -2.29. The van der Waals surface area contributed by atoms with Crippen molar-refractivity contribution in [3.8, 4) is 0 Å². The van der Waals surface area contributed by atoms with Crippen LogP contribution in [0.1, 0.15) is 206 Å². The number of allylic oxidation sites excluding steroid dienone is 8. The van der Waals surface area contributed by atoms with Crippen molar-refractivity contribution in [1.82, 2.24) is 0 Å². The molecule has 0 aliphatic rings. The Labute approximate surface area is 360 Å². The second-order valence-electron chi connectivity index (χ2n) is 15.8. The summed E-state index contributed by atoms with van der Waals surface area (Å²) < 4.78 is 32.8. The molecule has 3 unspecified atom stereocenters. The third kappa shape index (κ3) is 43.8. The molecule has 0 aliphatic carbocycles. The molecule has 0 amide bonds. The maximum atomic E-state index is 12.6. The molecule has 0 aromatic carbocycles. The SMILES string of the molecule is CCCCC/C=C\C/C=C\CCCCCCCCCCCC(=O)OC(COC(=O)CCCCCCCCC/C=C\C/C=C\CCCCC)COP(=O)(O)OCC(O)CO. The number of ether oxygens (including phenoxy) is 2. The zero-order valence-corrected chi connectivity index (χ0v) is 38.4. The average Bonchev–Trinajstić information content (AvgIpc) is 3.22. The summed E-state index contributed by atoms with van der Waals surface area (Å²) in [5, 5.41) is 18.4. The summed E-state index contributed by atoms with van der Waals surface area (Å²) in [5.41, 5.74) is 0. The van der Waals surface area contributed by atoms with Crippen molar-refractivity contribution in [3.63, 3.8) is 0 Å². The van der Waals surface area contributed by atoms with Gasteiger partial charge < -0.3 is 24.6 Å². The first-order valence-corrected chi connectivity index (χ1v) is 25.1. The largest absolute Gasteiger partial charge is 0.472 e. The highest BCUT2D eigenvalue weighted by Gasteiger charge is 2.27. The van der Waals surface area contributed by atoms with Crippen molar-refractivity contribution in [3.05, 3.63) is 48.6 Å². The Morgan fingerprint density at radius 1 is 0.508 bits per heavy atom. The average molecular weight is 855 g/mol. The molecule has 0 aromatic rings. The minimum absolute atomic E-state index is 0.177. The molecule has 344 valence electrons. The molecule has 0 rings (SSSR count). The van der Waals surface area contributed by atoms with Gasteiger partial charge in [-0.2, -0.15) is 0 Å². The molecule has 0 fully saturated rings. The topological polar surface area (TPSA) is 149 Å². The Kier molecular flexibility index (Phi) is 42.5. The van der Waals surface area contributed by atoms with Crippen LogP contribution >= 0.6 is 7.82 Å². The minimum Gasteiger partial charge on any atom is -0.462 e. The highest BCUT2D eigenvalue weighted by Crippen LogP contribution is 2.43. The van der Waals surface area contributed by atoms with Crippen molar-refractivity contribution in [2.45, 2.75) is 219 Å². The first-order valence-electron chi connectivity index (χ1n) is 23.6. The zero-order valence-electron chi connectivity index (χ0n) is 37.5. The standard InChI is InChI=1S/C48H87O10P/c1-3-5-7-9-11-13-15-17-19-21-22-24-26-28-30-32-34-36-38-40-48(52)58-46(44-57-59(53,54)56-42-45(50)41-49)43-55-47(51)39-37-35-33-31-29-27-25-23-20-18-16-14-12-10-8-6-4-2/h11-14,17-20,45-46,49-50H,3-10,15-16,21-44H2,1-2H3,(H,53,54)/b13-11-,14-12-,19-17-,20-18-. The van der Waals surface area contributed by atoms with E-state index in [0.717, 1.165) is 64.2 Å². The predicted octanol–water partition coefficient (Wildman–Crippen LogP) is 12.9. The number of carbonyl (C=O) groups excluding carboxylic acids is 2. The molecule has 0 saturated heterocycles. The molecular weight excluding hydrogens is 767 g/mol. The van der Waals surface area contributed by atoms with E-state index in [1.54, 1.807) is 0 Å². The van der Waals surface area contributed by atoms with E-state index in [1.165, 1.54) is 103 Å². The monoisotopic (exact) mass is 855 g/mol. The molecule has 59 heavy (non-hydrogen) atoms. The van der Waals surface area contributed by atoms with Gasteiger partial charge in [-0.1, -0.05) is 165 Å². The number of aliphatic hydroxyl groups is 2. The van der Waals surface area contributed by atoms with Gasteiger partial charge in [-0.25, -0.2) is 4.57 Å². The van der Waals surface area contributed by atoms with E-state index in [9.17, 15) is 24.2 Å². The Hall–Kier alpha value is -2.07. The fourth-order valence-corrected chi connectivity index (χ4v) is 7.08. The molecule has 0 aliphatic heterocycles. The summed E-state index contributed by atoms with van der Waals surface area (Å²) in [5.74, 6) is -0.936. The molecule has 0 saturated carbocycles. The lowest BCUT2D eigenvalue weighted by atomic mass is 10.1. The molecule has 0 radical (unpaired) electrons. The van der Waals surface area contributed by atoms with Crippen molar-refractivity contribution in [2.75, 3.05) is 26.4 Å². The summed E-state index contributed by atoms with van der Waals surface area (Å²) in [6.07, 6.45) is 47.8. The second-order valence-corrected chi connectivity index (χ2v) is 17.2. The lowest BCUT2D eigenvalue weighted by Gasteiger charge is -2.20. The third-order valence-electron chi connectivity index (χ3n) is 9.96. The summed E-state index contributed by atoms with van der Waals surface area (Å²) in [4.78, 5) is 35.1. The number of unbranched alkanes of at least 4 members (excludes halogenated alkanes) is 22. The number of hydrogen-bond donors (Lipinski definition) is 3. The van der Waals surface area contributed by atoms with E-state index in [0.29, 0.717) is 12.8 Å². The van der Waals surface area contributed by atoms with Crippen molar-refractivity contribution in [2.24, 2.45) is 0 Å². The van der Waals surface area contributed by atoms with E-state index in [-0.39, 0.29) is 19.4 Å². The summed E-state index contributed by atoms with van der Waals surface area (Å²) in [6, 6.07) is 0. The zero-order chi connectivity index (χ0) is 43.3. The summed E-state index contributed by atoms with van der Waals surface area (Å²) in [6.45, 7) is 2.33. The van der Waals surface area contributed by atoms with Gasteiger partial charge in [0.25, 0.3) is 0 Å². The van der Waals surface area contributed by atoms with Crippen LogP contribution in [0.25, 0.3) is 0 Å². The fourth-order valence-electron chi connectivity index (χ4n) is 6.29. The fraction of sp³-hybridized carbons (Fsp3) is 0.792. The highest BCUT2D eigenvalue weighted by atomic mass is 31.2. The van der Waals surface area contributed by atoms with Crippen molar-refractivity contribution >= 4 is 19.8 Å². The van der Waals surface area contributed by atoms with Gasteiger partial charge in [0.15, 0.2) is 6.10 Å². The van der Waals surface area contributed by atoms with Crippen LogP contribution in [0.4, 0.5) is 0 Å². The summed E-state index contributed by atoms with van der Waals surface area (Å²) >= 11 is 0. The first kappa shape index (κ1) is 56.9. The second kappa shape index (κ2) is 44.0. The maximum Gasteiger partial charge on any atom is 0.472 e. The van der Waals surface area contributed by atoms with Crippen LogP contribution in [0, 0.1) is 0 Å². The minimum atomic E-state index is -4.62. The van der Waals surface area contributed by atoms with E-state index in [4.69, 9.17) is 23.6 Å². The Balaban J connectivity index is 4.26. The number of rotatable bonds is 44. The quantitative estimate of drug-likeness (QED) is 0.0234. The molecule has 0 spiro atoms. The Morgan fingerprint density at radius 2 is 0.881 bits per heavy atom. The third-order valence-corrected chi connectivity index (χ3v) is 10.9. The van der Waals surface area contributed by atoms with E-state index in [2.05, 4.69) is 62.5 Å². The van der Waals surface area contributed by atoms with Gasteiger partial charge in [0.1, 0.15) is 12.7 Å². The smallest absolute Gasteiger partial charge is 0.462 e. The molecule has 11 heteroatoms. The van der Waals surface area contributed by atoms with E-state index in [1.807, 2.05) is 0 Å². The van der Waals surface area contributed by atoms with Gasteiger partial charge in [-0.05, 0) is 77.0 Å². The summed E-state index contributed by atoms with van der Waals surface area (Å²) in [7, 11) is -4.62. The van der Waals surface area contributed by atoms with Crippen LogP contribution in [-0.2, 0) is 32.7 Å². The Bertz CT molecular complexity index is 1120. The molecule has 0 heterocycles. The lowest BCUT2D eigenvalue weighted by molar-refractivity contribution is -0.161. The molecule has 10 nitrogen and oxygen atoms in total. The maximum absolute atomic E-state index is 12.6. The first-order chi connectivity index (χ1) is 28.7. The van der Waals surface area contributed by atoms with Gasteiger partial charge in [0, 0.05) is 12.8 Å². The van der Waals surface area contributed by atoms with E-state index < -0.39 is 51.8 Å². The van der Waals surface area contributed by atoms with Gasteiger partial charge in [0.05, 0.1) is 19.8 Å². The van der Waals surface area contributed by atoms with Gasteiger partial charge in [-0.15, -0.1) is 0 Å². The van der Waals surface area contributed by atoms with Crippen LogP contribution in [0.2, 0.25) is 0 Å². The van der Waals surface area contributed by atoms with Crippen LogP contribution in [-0.4, -0.2) is 65.7 Å². The molecular formula is C48H87O10P.